The maximum atomic E-state index is 12.4. The van der Waals surface area contributed by atoms with E-state index in [1.807, 2.05) is 6.07 Å². The zero-order valence-electron chi connectivity index (χ0n) is 14.7. The van der Waals surface area contributed by atoms with Gasteiger partial charge in [0.2, 0.25) is 0 Å². The van der Waals surface area contributed by atoms with E-state index in [4.69, 9.17) is 9.94 Å². The lowest BCUT2D eigenvalue weighted by atomic mass is 9.96. The molecule has 0 heterocycles. The first-order chi connectivity index (χ1) is 13.3. The van der Waals surface area contributed by atoms with Crippen molar-refractivity contribution in [2.24, 2.45) is 5.92 Å². The number of aromatic hydroxyl groups is 1. The molecular weight excluding hydrogens is 496 g/mol. The van der Waals surface area contributed by atoms with Crippen molar-refractivity contribution in [3.63, 3.8) is 0 Å². The predicted molar refractivity (Wildman–Crippen MR) is 111 cm³/mol. The maximum absolute atomic E-state index is 12.4. The molecule has 0 unspecified atom stereocenters. The lowest BCUT2D eigenvalue weighted by molar-refractivity contribution is -0.124. The molecule has 28 heavy (non-hydrogen) atoms. The number of rotatable bonds is 6. The van der Waals surface area contributed by atoms with Gasteiger partial charge in [0.15, 0.2) is 0 Å². The summed E-state index contributed by atoms with van der Waals surface area (Å²) in [4.78, 5) is 23.7. The number of para-hydroxylation sites is 1. The molecule has 0 spiro atoms. The van der Waals surface area contributed by atoms with Gasteiger partial charge < -0.3 is 9.84 Å². The molecule has 7 nitrogen and oxygen atoms in total. The third kappa shape index (κ3) is 6.08. The van der Waals surface area contributed by atoms with Crippen LogP contribution in [0.3, 0.4) is 0 Å². The molecule has 0 aromatic heterocycles. The number of nitrogens with one attached hydrogen (secondary N) is 2. The van der Waals surface area contributed by atoms with Gasteiger partial charge >= 0.3 is 6.09 Å². The number of phenols is 1. The van der Waals surface area contributed by atoms with Crippen molar-refractivity contribution in [3.8, 4) is 5.75 Å². The molecule has 0 radical (unpaired) electrons. The number of ether oxygens (including phenoxy) is 1. The van der Waals surface area contributed by atoms with Gasteiger partial charge in [0, 0.05) is 27.7 Å². The fraction of sp³-hybridized carbons (Fsp3) is 0.158. The average Bonchev–Trinajstić information content (AvgIpc) is 2.67. The van der Waals surface area contributed by atoms with Crippen LogP contribution in [0.25, 0.3) is 0 Å². The van der Waals surface area contributed by atoms with Crippen molar-refractivity contribution in [1.29, 1.82) is 0 Å². The Bertz CT molecular complexity index is 874. The largest absolute Gasteiger partial charge is 0.506 e. The minimum atomic E-state index is -0.916. The van der Waals surface area contributed by atoms with Gasteiger partial charge in [-0.3, -0.25) is 15.3 Å². The van der Waals surface area contributed by atoms with Crippen molar-refractivity contribution in [2.45, 2.75) is 13.0 Å². The molecule has 0 aliphatic heterocycles. The predicted octanol–water partition coefficient (Wildman–Crippen LogP) is 4.90. The zero-order valence-corrected chi connectivity index (χ0v) is 17.9. The lowest BCUT2D eigenvalue weighted by Gasteiger charge is -2.24. The molecule has 2 rings (SSSR count). The van der Waals surface area contributed by atoms with Gasteiger partial charge in [0.25, 0.3) is 5.91 Å². The van der Waals surface area contributed by atoms with Crippen molar-refractivity contribution in [1.82, 2.24) is 5.48 Å². The summed E-state index contributed by atoms with van der Waals surface area (Å²) in [7, 11) is 0. The summed E-state index contributed by atoms with van der Waals surface area (Å²) in [5, 5.41) is 21.7. The summed E-state index contributed by atoms with van der Waals surface area (Å²) in [6.45, 7) is 1.70. The summed E-state index contributed by atoms with van der Waals surface area (Å²) < 4.78 is 6.64. The highest BCUT2D eigenvalue weighted by Crippen LogP contribution is 2.40. The minimum absolute atomic E-state index is 0.0902. The number of amides is 2. The number of halogens is 2. The molecule has 148 valence electrons. The second-order valence-electron chi connectivity index (χ2n) is 5.84. The quantitative estimate of drug-likeness (QED) is 0.249. The molecule has 2 atom stereocenters. The molecule has 0 aliphatic carbocycles. The summed E-state index contributed by atoms with van der Waals surface area (Å²) in [5.74, 6) is -1.32. The molecule has 0 fully saturated rings. The molecule has 0 saturated heterocycles. The number of hydroxylamine groups is 1. The highest BCUT2D eigenvalue weighted by atomic mass is 79.9. The standard InChI is InChI=1S/C19H18Br2N2O5/c1-11(7-8-16(24)23-27)18(14-9-12(20)10-15(21)17(14)25)28-19(26)22-13-5-3-2-4-6-13/h2-11,18,25,27H,1H3,(H,22,26)(H,23,24)/b8-7+/t11-,18-/m1/s1. The van der Waals surface area contributed by atoms with Crippen molar-refractivity contribution < 1.29 is 24.6 Å². The Morgan fingerprint density at radius 3 is 2.50 bits per heavy atom. The Balaban J connectivity index is 2.32. The van der Waals surface area contributed by atoms with E-state index in [1.165, 1.54) is 11.6 Å². The number of hydrogen-bond donors (Lipinski definition) is 4. The number of hydrogen-bond acceptors (Lipinski definition) is 5. The van der Waals surface area contributed by atoms with Crippen LogP contribution in [-0.2, 0) is 9.53 Å². The molecule has 2 aromatic carbocycles. The molecular formula is C19H18Br2N2O5. The van der Waals surface area contributed by atoms with Crippen LogP contribution in [0.15, 0.2) is 63.6 Å². The average molecular weight is 514 g/mol. The van der Waals surface area contributed by atoms with Crippen LogP contribution in [0.2, 0.25) is 0 Å². The van der Waals surface area contributed by atoms with E-state index in [0.717, 1.165) is 6.08 Å². The molecule has 2 aromatic rings. The smallest absolute Gasteiger partial charge is 0.412 e. The monoisotopic (exact) mass is 512 g/mol. The topological polar surface area (TPSA) is 108 Å². The first-order valence-corrected chi connectivity index (χ1v) is 9.73. The maximum Gasteiger partial charge on any atom is 0.412 e. The van der Waals surface area contributed by atoms with E-state index in [0.29, 0.717) is 20.2 Å². The first-order valence-electron chi connectivity index (χ1n) is 8.14. The van der Waals surface area contributed by atoms with E-state index in [2.05, 4.69) is 37.2 Å². The number of phenolic OH excluding ortho intramolecular Hbond substituents is 1. The van der Waals surface area contributed by atoms with Gasteiger partial charge in [-0.25, -0.2) is 10.3 Å². The van der Waals surface area contributed by atoms with Crippen LogP contribution in [0.5, 0.6) is 5.75 Å². The van der Waals surface area contributed by atoms with E-state index < -0.39 is 24.0 Å². The Morgan fingerprint density at radius 2 is 1.86 bits per heavy atom. The third-order valence-corrected chi connectivity index (χ3v) is 4.82. The second-order valence-corrected chi connectivity index (χ2v) is 7.61. The van der Waals surface area contributed by atoms with Crippen LogP contribution < -0.4 is 10.8 Å². The van der Waals surface area contributed by atoms with Crippen LogP contribution in [0, 0.1) is 5.92 Å². The summed E-state index contributed by atoms with van der Waals surface area (Å²) in [5.41, 5.74) is 2.38. The van der Waals surface area contributed by atoms with Crippen molar-refractivity contribution >= 4 is 49.5 Å². The van der Waals surface area contributed by atoms with Gasteiger partial charge in [-0.15, -0.1) is 0 Å². The fourth-order valence-electron chi connectivity index (χ4n) is 2.42. The van der Waals surface area contributed by atoms with Crippen LogP contribution in [0.4, 0.5) is 10.5 Å². The molecule has 0 bridgehead atoms. The Hall–Kier alpha value is -2.36. The Labute approximate surface area is 178 Å². The van der Waals surface area contributed by atoms with Crippen LogP contribution >= 0.6 is 31.9 Å². The Morgan fingerprint density at radius 1 is 1.18 bits per heavy atom. The number of benzene rings is 2. The van der Waals surface area contributed by atoms with E-state index >= 15 is 0 Å². The second kappa shape index (κ2) is 10.3. The fourth-order valence-corrected chi connectivity index (χ4v) is 3.68. The number of carbonyl (C=O) groups excluding carboxylic acids is 2. The summed E-state index contributed by atoms with van der Waals surface area (Å²) >= 11 is 6.60. The van der Waals surface area contributed by atoms with Crippen molar-refractivity contribution in [2.75, 3.05) is 5.32 Å². The lowest BCUT2D eigenvalue weighted by Crippen LogP contribution is -2.22. The van der Waals surface area contributed by atoms with E-state index in [9.17, 15) is 14.7 Å². The highest BCUT2D eigenvalue weighted by Gasteiger charge is 2.26. The Kier molecular flexibility index (Phi) is 8.04. The summed E-state index contributed by atoms with van der Waals surface area (Å²) in [6, 6.07) is 12.0. The minimum Gasteiger partial charge on any atom is -0.506 e. The van der Waals surface area contributed by atoms with Gasteiger partial charge in [-0.05, 0) is 40.2 Å². The van der Waals surface area contributed by atoms with E-state index in [-0.39, 0.29) is 5.75 Å². The number of carbonyl (C=O) groups is 2. The van der Waals surface area contributed by atoms with Crippen LogP contribution in [0.1, 0.15) is 18.6 Å². The number of anilines is 1. The molecule has 0 saturated carbocycles. The normalized spacial score (nSPS) is 13.0. The van der Waals surface area contributed by atoms with E-state index in [1.54, 1.807) is 43.3 Å². The van der Waals surface area contributed by atoms with Crippen LogP contribution in [-0.4, -0.2) is 22.3 Å². The van der Waals surface area contributed by atoms with Gasteiger partial charge in [-0.1, -0.05) is 47.1 Å². The molecule has 4 N–H and O–H groups in total. The van der Waals surface area contributed by atoms with Gasteiger partial charge in [0.1, 0.15) is 11.9 Å². The van der Waals surface area contributed by atoms with Gasteiger partial charge in [0.05, 0.1) is 4.47 Å². The zero-order chi connectivity index (χ0) is 20.7. The SMILES string of the molecule is C[C@H](/C=C/C(=O)NO)[C@@H](OC(=O)Nc1ccccc1)c1cc(Br)cc(Br)c1O. The summed E-state index contributed by atoms with van der Waals surface area (Å²) in [6.07, 6.45) is 0.930. The van der Waals surface area contributed by atoms with Gasteiger partial charge in [-0.2, -0.15) is 0 Å². The third-order valence-electron chi connectivity index (χ3n) is 3.76. The molecule has 0 aliphatic rings. The molecule has 9 heteroatoms. The van der Waals surface area contributed by atoms with Crippen molar-refractivity contribution in [3.05, 3.63) is 69.1 Å². The highest BCUT2D eigenvalue weighted by molar-refractivity contribution is 9.11. The molecule has 2 amide bonds. The first kappa shape index (κ1) is 21.9.